The molecule has 2 aliphatic rings. The minimum atomic E-state index is -2.64. The van der Waals surface area contributed by atoms with E-state index in [1.54, 1.807) is 34.8 Å². The van der Waals surface area contributed by atoms with Crippen molar-refractivity contribution in [2.24, 2.45) is 7.05 Å². The number of halogens is 2. The largest absolute Gasteiger partial charge is 0.393 e. The maximum absolute atomic E-state index is 14.4. The average Bonchev–Trinajstić information content (AvgIpc) is 3.54. The quantitative estimate of drug-likeness (QED) is 0.330. The molecule has 1 aliphatic heterocycles. The van der Waals surface area contributed by atoms with Gasteiger partial charge in [0.1, 0.15) is 0 Å². The number of carbonyl (C=O) groups excluding carboxylic acids is 1. The number of carbonyl (C=O) groups is 1. The maximum atomic E-state index is 14.4. The normalized spacial score (nSPS) is 17.7. The molecule has 6 nitrogen and oxygen atoms in total. The summed E-state index contributed by atoms with van der Waals surface area (Å²) >= 11 is 0. The number of fused-ring (bicyclic) bond motifs is 2. The number of anilines is 2. The van der Waals surface area contributed by atoms with E-state index >= 15 is 0 Å². The Morgan fingerprint density at radius 2 is 1.92 bits per heavy atom. The number of rotatable bonds is 4. The number of hydrogen-bond acceptors (Lipinski definition) is 4. The van der Waals surface area contributed by atoms with E-state index in [9.17, 15) is 18.7 Å². The van der Waals surface area contributed by atoms with E-state index < -0.39 is 6.43 Å². The fourth-order valence-corrected chi connectivity index (χ4v) is 5.80. The molecule has 8 heteroatoms. The number of aliphatic hydroxyl groups is 1. The van der Waals surface area contributed by atoms with Crippen LogP contribution in [0.2, 0.25) is 0 Å². The zero-order valence-corrected chi connectivity index (χ0v) is 21.5. The van der Waals surface area contributed by atoms with Crippen LogP contribution in [0.15, 0.2) is 55.1 Å². The van der Waals surface area contributed by atoms with Crippen molar-refractivity contribution in [3.8, 4) is 11.1 Å². The van der Waals surface area contributed by atoms with E-state index in [0.717, 1.165) is 58.1 Å². The fourth-order valence-electron chi connectivity index (χ4n) is 5.80. The first-order valence-corrected chi connectivity index (χ1v) is 13.0. The molecule has 0 bridgehead atoms. The average molecular weight is 517 g/mol. The third-order valence-electron chi connectivity index (χ3n) is 7.77. The molecule has 0 saturated heterocycles. The molecule has 196 valence electrons. The van der Waals surface area contributed by atoms with Gasteiger partial charge in [-0.05, 0) is 78.6 Å². The Balaban J connectivity index is 1.53. The van der Waals surface area contributed by atoms with Crippen molar-refractivity contribution >= 4 is 33.6 Å². The molecule has 1 unspecified atom stereocenters. The molecule has 0 fully saturated rings. The van der Waals surface area contributed by atoms with Crippen LogP contribution in [0.5, 0.6) is 0 Å². The summed E-state index contributed by atoms with van der Waals surface area (Å²) in [5, 5.41) is 16.0. The minimum Gasteiger partial charge on any atom is -0.393 e. The van der Waals surface area contributed by atoms with Gasteiger partial charge >= 0.3 is 0 Å². The molecule has 0 spiro atoms. The summed E-state index contributed by atoms with van der Waals surface area (Å²) in [5.41, 5.74) is 6.07. The van der Waals surface area contributed by atoms with Crippen molar-refractivity contribution in [1.82, 2.24) is 14.3 Å². The second kappa shape index (κ2) is 9.51. The number of aliphatic hydroxyl groups excluding tert-OH is 1. The highest BCUT2D eigenvalue weighted by Crippen LogP contribution is 2.44. The first-order chi connectivity index (χ1) is 18.3. The third-order valence-corrected chi connectivity index (χ3v) is 7.77. The molecule has 38 heavy (non-hydrogen) atoms. The van der Waals surface area contributed by atoms with Crippen molar-refractivity contribution in [3.05, 3.63) is 71.8 Å². The summed E-state index contributed by atoms with van der Waals surface area (Å²) in [6, 6.07) is 7.73. The Bertz CT molecular complexity index is 1580. The Labute approximate surface area is 219 Å². The van der Waals surface area contributed by atoms with E-state index in [1.807, 2.05) is 18.5 Å². The molecule has 0 saturated carbocycles. The van der Waals surface area contributed by atoms with Crippen LogP contribution in [-0.4, -0.2) is 38.0 Å². The number of benzene rings is 2. The lowest BCUT2D eigenvalue weighted by molar-refractivity contribution is 0.0937. The van der Waals surface area contributed by atoms with Crippen LogP contribution in [0.4, 0.5) is 20.2 Å². The molecular formula is C30H30F2N4O2. The van der Waals surface area contributed by atoms with Gasteiger partial charge in [-0.2, -0.15) is 5.10 Å². The highest BCUT2D eigenvalue weighted by Gasteiger charge is 2.27. The highest BCUT2D eigenvalue weighted by molar-refractivity contribution is 6.01. The molecule has 3 heterocycles. The lowest BCUT2D eigenvalue weighted by atomic mass is 9.90. The molecule has 6 rings (SSSR count). The van der Waals surface area contributed by atoms with Crippen molar-refractivity contribution in [2.75, 3.05) is 11.4 Å². The zero-order valence-electron chi connectivity index (χ0n) is 21.5. The summed E-state index contributed by atoms with van der Waals surface area (Å²) < 4.78 is 32.0. The maximum Gasteiger partial charge on any atom is 0.264 e. The molecule has 1 aliphatic carbocycles. The van der Waals surface area contributed by atoms with Crippen LogP contribution >= 0.6 is 0 Å². The number of nitrogens with zero attached hydrogens (tertiary/aromatic N) is 4. The predicted octanol–water partition coefficient (Wildman–Crippen LogP) is 6.65. The zero-order chi connectivity index (χ0) is 26.6. The van der Waals surface area contributed by atoms with Gasteiger partial charge in [-0.3, -0.25) is 14.0 Å². The first-order valence-electron chi connectivity index (χ1n) is 13.0. The van der Waals surface area contributed by atoms with E-state index in [0.29, 0.717) is 30.5 Å². The van der Waals surface area contributed by atoms with Crippen molar-refractivity contribution in [1.29, 1.82) is 0 Å². The van der Waals surface area contributed by atoms with Gasteiger partial charge in [0.05, 0.1) is 18.0 Å². The monoisotopic (exact) mass is 516 g/mol. The van der Waals surface area contributed by atoms with Crippen LogP contribution in [0, 0.1) is 0 Å². The summed E-state index contributed by atoms with van der Waals surface area (Å²) in [7, 11) is 1.78. The number of aryl methyl sites for hydroxylation is 2. The molecule has 2 aromatic carbocycles. The summed E-state index contributed by atoms with van der Waals surface area (Å²) in [6.45, 7) is 2.21. The van der Waals surface area contributed by atoms with E-state index in [4.69, 9.17) is 0 Å². The van der Waals surface area contributed by atoms with Crippen molar-refractivity contribution < 1.29 is 18.7 Å². The standard InChI is InChI=1S/C30H30F2N4O2/c1-18(37)35-16-22-10-21(19-5-7-24(38)8-6-19)12-29(27(22)17-35)36-9-3-4-20-11-25(23-14-33-34(2)15-23)26(30(31)32)13-28(20)36/h5,10-17,24,30,38H,3-4,6-9H2,1-2H3. The Hall–Kier alpha value is -3.78. The Kier molecular flexibility index (Phi) is 6.14. The molecule has 2 aromatic heterocycles. The van der Waals surface area contributed by atoms with Gasteiger partial charge in [0.2, 0.25) is 5.91 Å². The lowest BCUT2D eigenvalue weighted by Crippen LogP contribution is -2.25. The predicted molar refractivity (Wildman–Crippen MR) is 145 cm³/mol. The second-order valence-electron chi connectivity index (χ2n) is 10.4. The van der Waals surface area contributed by atoms with Crippen LogP contribution in [-0.2, 0) is 13.5 Å². The van der Waals surface area contributed by atoms with E-state index in [-0.39, 0.29) is 17.6 Å². The second-order valence-corrected chi connectivity index (χ2v) is 10.4. The van der Waals surface area contributed by atoms with E-state index in [1.165, 1.54) is 6.92 Å². The number of alkyl halides is 2. The highest BCUT2D eigenvalue weighted by atomic mass is 19.3. The van der Waals surface area contributed by atoms with Crippen LogP contribution in [0.1, 0.15) is 60.5 Å². The summed E-state index contributed by atoms with van der Waals surface area (Å²) in [6.07, 6.45) is 9.94. The Morgan fingerprint density at radius 1 is 1.08 bits per heavy atom. The smallest absolute Gasteiger partial charge is 0.264 e. The SMILES string of the molecule is CC(=O)n1cc2cc(C3=CCC(O)CC3)cc(N3CCCc4cc(-c5cnn(C)c5)c(C(F)F)cc43)c2c1. The van der Waals surface area contributed by atoms with E-state index in [2.05, 4.69) is 28.2 Å². The van der Waals surface area contributed by atoms with Gasteiger partial charge in [-0.15, -0.1) is 0 Å². The topological polar surface area (TPSA) is 63.3 Å². The fraction of sp³-hybridized carbons (Fsp3) is 0.333. The molecule has 1 N–H and O–H groups in total. The van der Waals surface area contributed by atoms with Crippen molar-refractivity contribution in [3.63, 3.8) is 0 Å². The Morgan fingerprint density at radius 3 is 2.61 bits per heavy atom. The summed E-state index contributed by atoms with van der Waals surface area (Å²) in [5.74, 6) is -0.0890. The first kappa shape index (κ1) is 24.6. The number of aromatic nitrogens is 3. The van der Waals surface area contributed by atoms with Gasteiger partial charge in [-0.25, -0.2) is 8.78 Å². The van der Waals surface area contributed by atoms with Crippen LogP contribution < -0.4 is 4.90 Å². The minimum absolute atomic E-state index is 0.0127. The van der Waals surface area contributed by atoms with Gasteiger partial charge in [0.25, 0.3) is 6.43 Å². The van der Waals surface area contributed by atoms with Gasteiger partial charge in [0.15, 0.2) is 0 Å². The molecule has 0 radical (unpaired) electrons. The van der Waals surface area contributed by atoms with Crippen LogP contribution in [0.3, 0.4) is 0 Å². The van der Waals surface area contributed by atoms with Gasteiger partial charge < -0.3 is 10.0 Å². The summed E-state index contributed by atoms with van der Waals surface area (Å²) in [4.78, 5) is 14.4. The molecular weight excluding hydrogens is 486 g/mol. The number of allylic oxidation sites excluding steroid dienone is 1. The van der Waals surface area contributed by atoms with Gasteiger partial charge in [0, 0.05) is 66.7 Å². The number of hydrogen-bond donors (Lipinski definition) is 1. The van der Waals surface area contributed by atoms with Crippen molar-refractivity contribution in [2.45, 2.75) is 51.6 Å². The molecule has 4 aromatic rings. The lowest BCUT2D eigenvalue weighted by Gasteiger charge is -2.33. The third kappa shape index (κ3) is 4.32. The van der Waals surface area contributed by atoms with Gasteiger partial charge in [-0.1, -0.05) is 6.08 Å². The molecule has 0 amide bonds. The van der Waals surface area contributed by atoms with Crippen LogP contribution in [0.25, 0.3) is 27.5 Å². The molecule has 1 atom stereocenters.